The second-order valence-electron chi connectivity index (χ2n) is 4.14. The number of carbonyl (C=O) groups is 1. The first-order valence-corrected chi connectivity index (χ1v) is 7.44. The molecule has 0 bridgehead atoms. The molecule has 0 aliphatic heterocycles. The molecule has 0 spiro atoms. The van der Waals surface area contributed by atoms with Crippen LogP contribution in [0.25, 0.3) is 0 Å². The molecule has 0 radical (unpaired) electrons. The molecule has 19 heavy (non-hydrogen) atoms. The van der Waals surface area contributed by atoms with Gasteiger partial charge in [-0.1, -0.05) is 0 Å². The fraction of sp³-hybridized carbons (Fsp3) is 0.364. The second kappa shape index (κ2) is 6.07. The Kier molecular flexibility index (Phi) is 4.96. The van der Waals surface area contributed by atoms with E-state index in [-0.39, 0.29) is 17.9 Å². The third-order valence-corrected chi connectivity index (χ3v) is 3.30. The highest BCUT2D eigenvalue weighted by molar-refractivity contribution is 7.90. The normalized spacial score (nSPS) is 13.1. The van der Waals surface area contributed by atoms with Gasteiger partial charge < -0.3 is 11.1 Å². The van der Waals surface area contributed by atoms with Crippen molar-refractivity contribution in [1.29, 1.82) is 0 Å². The van der Waals surface area contributed by atoms with Crippen molar-refractivity contribution in [1.82, 2.24) is 0 Å². The van der Waals surface area contributed by atoms with Gasteiger partial charge in [0.25, 0.3) is 0 Å². The molecule has 0 fully saturated rings. The van der Waals surface area contributed by atoms with Crippen molar-refractivity contribution in [3.8, 4) is 0 Å². The number of carbonyl (C=O) groups excluding carboxylic acids is 1. The van der Waals surface area contributed by atoms with Gasteiger partial charge in [0.05, 0.1) is 17.5 Å². The zero-order chi connectivity index (χ0) is 14.6. The molecule has 0 saturated carbocycles. The van der Waals surface area contributed by atoms with E-state index in [9.17, 15) is 22.0 Å². The Hall–Kier alpha value is -1.54. The van der Waals surface area contributed by atoms with Gasteiger partial charge in [-0.15, -0.1) is 0 Å². The molecule has 1 unspecified atom stereocenters. The summed E-state index contributed by atoms with van der Waals surface area (Å²) in [6.45, 7) is 0. The third kappa shape index (κ3) is 5.31. The zero-order valence-electron chi connectivity index (χ0n) is 10.2. The van der Waals surface area contributed by atoms with E-state index in [0.29, 0.717) is 0 Å². The van der Waals surface area contributed by atoms with Crippen LogP contribution in [0.1, 0.15) is 6.42 Å². The smallest absolute Gasteiger partial charge is 0.241 e. The Bertz CT molecular complexity index is 575. The van der Waals surface area contributed by atoms with Crippen molar-refractivity contribution in [3.63, 3.8) is 0 Å². The molecule has 0 aliphatic rings. The number of nitrogens with one attached hydrogen (secondary N) is 1. The molecule has 8 heteroatoms. The van der Waals surface area contributed by atoms with Gasteiger partial charge in [0.2, 0.25) is 5.91 Å². The Morgan fingerprint density at radius 2 is 2.05 bits per heavy atom. The highest BCUT2D eigenvalue weighted by Crippen LogP contribution is 2.15. The maximum atomic E-state index is 13.3. The number of hydrogen-bond donors (Lipinski definition) is 2. The average molecular weight is 292 g/mol. The van der Waals surface area contributed by atoms with E-state index >= 15 is 0 Å². The minimum atomic E-state index is -3.23. The van der Waals surface area contributed by atoms with E-state index < -0.39 is 33.4 Å². The van der Waals surface area contributed by atoms with Crippen molar-refractivity contribution in [2.75, 3.05) is 17.3 Å². The molecule has 0 aliphatic carbocycles. The SMILES string of the molecule is CS(=O)(=O)CCC(N)C(=O)Nc1cc(F)ccc1F. The number of anilines is 1. The molecule has 0 aromatic heterocycles. The number of rotatable bonds is 5. The minimum Gasteiger partial charge on any atom is -0.322 e. The average Bonchev–Trinajstić information content (AvgIpc) is 2.29. The third-order valence-electron chi connectivity index (χ3n) is 2.32. The molecule has 1 aromatic rings. The zero-order valence-corrected chi connectivity index (χ0v) is 11.0. The molecule has 0 heterocycles. The number of halogens is 2. The topological polar surface area (TPSA) is 89.3 Å². The van der Waals surface area contributed by atoms with Crippen LogP contribution in [-0.2, 0) is 14.6 Å². The lowest BCUT2D eigenvalue weighted by Gasteiger charge is -2.12. The van der Waals surface area contributed by atoms with Crippen LogP contribution in [0.5, 0.6) is 0 Å². The number of benzene rings is 1. The lowest BCUT2D eigenvalue weighted by atomic mass is 10.2. The van der Waals surface area contributed by atoms with Crippen molar-refractivity contribution in [3.05, 3.63) is 29.8 Å². The summed E-state index contributed by atoms with van der Waals surface area (Å²) in [5.74, 6) is -2.53. The lowest BCUT2D eigenvalue weighted by molar-refractivity contribution is -0.117. The largest absolute Gasteiger partial charge is 0.322 e. The summed E-state index contributed by atoms with van der Waals surface area (Å²) in [6.07, 6.45) is 0.922. The predicted molar refractivity (Wildman–Crippen MR) is 67.3 cm³/mol. The van der Waals surface area contributed by atoms with E-state index in [1.165, 1.54) is 0 Å². The first-order chi connectivity index (χ1) is 8.69. The summed E-state index contributed by atoms with van der Waals surface area (Å²) in [5, 5.41) is 2.11. The van der Waals surface area contributed by atoms with Gasteiger partial charge in [0.15, 0.2) is 0 Å². The molecular formula is C11H14F2N2O3S. The quantitative estimate of drug-likeness (QED) is 0.834. The van der Waals surface area contributed by atoms with E-state index in [1.54, 1.807) is 0 Å². The fourth-order valence-corrected chi connectivity index (χ4v) is 1.97. The highest BCUT2D eigenvalue weighted by atomic mass is 32.2. The summed E-state index contributed by atoms with van der Waals surface area (Å²) in [4.78, 5) is 11.6. The van der Waals surface area contributed by atoms with Crippen LogP contribution in [0.4, 0.5) is 14.5 Å². The molecule has 1 aromatic carbocycles. The van der Waals surface area contributed by atoms with Crippen LogP contribution in [0.15, 0.2) is 18.2 Å². The van der Waals surface area contributed by atoms with E-state index in [2.05, 4.69) is 5.32 Å². The first-order valence-electron chi connectivity index (χ1n) is 5.38. The van der Waals surface area contributed by atoms with Gasteiger partial charge >= 0.3 is 0 Å². The van der Waals surface area contributed by atoms with Crippen LogP contribution >= 0.6 is 0 Å². The van der Waals surface area contributed by atoms with Crippen LogP contribution in [0, 0.1) is 11.6 Å². The van der Waals surface area contributed by atoms with E-state index in [1.807, 2.05) is 0 Å². The predicted octanol–water partition coefficient (Wildman–Crippen LogP) is 0.665. The van der Waals surface area contributed by atoms with Gasteiger partial charge in [0, 0.05) is 12.3 Å². The van der Waals surface area contributed by atoms with Gasteiger partial charge in [-0.3, -0.25) is 4.79 Å². The minimum absolute atomic E-state index is 0.0956. The van der Waals surface area contributed by atoms with Crippen molar-refractivity contribution >= 4 is 21.4 Å². The Morgan fingerprint density at radius 3 is 2.63 bits per heavy atom. The lowest BCUT2D eigenvalue weighted by Crippen LogP contribution is -2.37. The molecule has 1 rings (SSSR count). The van der Waals surface area contributed by atoms with Gasteiger partial charge in [-0.25, -0.2) is 17.2 Å². The summed E-state index contributed by atoms with van der Waals surface area (Å²) < 4.78 is 48.0. The molecular weight excluding hydrogens is 278 g/mol. The summed E-state index contributed by atoms with van der Waals surface area (Å²) in [5.41, 5.74) is 5.13. The molecule has 3 N–H and O–H groups in total. The first kappa shape index (κ1) is 15.5. The van der Waals surface area contributed by atoms with Crippen molar-refractivity contribution in [2.45, 2.75) is 12.5 Å². The summed E-state index contributed by atoms with van der Waals surface area (Å²) in [6, 6.07) is 1.48. The fourth-order valence-electron chi connectivity index (χ4n) is 1.29. The van der Waals surface area contributed by atoms with E-state index in [0.717, 1.165) is 24.5 Å². The summed E-state index contributed by atoms with van der Waals surface area (Å²) in [7, 11) is -3.23. The van der Waals surface area contributed by atoms with Crippen molar-refractivity contribution < 1.29 is 22.0 Å². The van der Waals surface area contributed by atoms with E-state index in [4.69, 9.17) is 5.73 Å². The number of hydrogen-bond acceptors (Lipinski definition) is 4. The molecule has 1 atom stereocenters. The Labute approximate surface area is 109 Å². The standard InChI is InChI=1S/C11H14F2N2O3S/c1-19(17,18)5-4-9(14)11(16)15-10-6-7(12)2-3-8(10)13/h2-3,6,9H,4-5,14H2,1H3,(H,15,16). The summed E-state index contributed by atoms with van der Waals surface area (Å²) >= 11 is 0. The van der Waals surface area contributed by atoms with Crippen LogP contribution in [-0.4, -0.2) is 32.4 Å². The maximum Gasteiger partial charge on any atom is 0.241 e. The van der Waals surface area contributed by atoms with Crippen LogP contribution in [0.3, 0.4) is 0 Å². The van der Waals surface area contributed by atoms with Crippen LogP contribution < -0.4 is 11.1 Å². The molecule has 5 nitrogen and oxygen atoms in total. The van der Waals surface area contributed by atoms with Crippen LogP contribution in [0.2, 0.25) is 0 Å². The van der Waals surface area contributed by atoms with Gasteiger partial charge in [0.1, 0.15) is 21.5 Å². The second-order valence-corrected chi connectivity index (χ2v) is 6.40. The maximum absolute atomic E-state index is 13.3. The molecule has 1 amide bonds. The Morgan fingerprint density at radius 1 is 1.42 bits per heavy atom. The number of nitrogens with two attached hydrogens (primary N) is 1. The Balaban J connectivity index is 2.66. The van der Waals surface area contributed by atoms with Crippen molar-refractivity contribution in [2.24, 2.45) is 5.73 Å². The van der Waals surface area contributed by atoms with Gasteiger partial charge in [-0.05, 0) is 18.6 Å². The highest BCUT2D eigenvalue weighted by Gasteiger charge is 2.17. The number of sulfone groups is 1. The molecule has 0 saturated heterocycles. The monoisotopic (exact) mass is 292 g/mol. The number of amides is 1. The van der Waals surface area contributed by atoms with Gasteiger partial charge in [-0.2, -0.15) is 0 Å². The molecule has 106 valence electrons.